The summed E-state index contributed by atoms with van der Waals surface area (Å²) in [6, 6.07) is 7.10. The fourth-order valence-corrected chi connectivity index (χ4v) is 3.01. The second-order valence-corrected chi connectivity index (χ2v) is 5.37. The van der Waals surface area contributed by atoms with E-state index in [2.05, 4.69) is 11.8 Å². The first kappa shape index (κ1) is 13.0. The number of likely N-dealkylation sites (tertiary alicyclic amines) is 1. The fraction of sp³-hybridized carbons (Fsp3) is 0.600. The maximum Gasteiger partial charge on any atom is 0.170 e. The molecule has 3 nitrogen and oxygen atoms in total. The van der Waals surface area contributed by atoms with E-state index in [4.69, 9.17) is 9.47 Å². The summed E-state index contributed by atoms with van der Waals surface area (Å²) >= 11 is 0. The number of ether oxygens (including phenoxy) is 2. The van der Waals surface area contributed by atoms with Crippen LogP contribution in [0.2, 0.25) is 0 Å². The van der Waals surface area contributed by atoms with Crippen LogP contribution in [0.15, 0.2) is 24.3 Å². The summed E-state index contributed by atoms with van der Waals surface area (Å²) in [5, 5.41) is 0. The Bertz CT molecular complexity index is 436. The number of piperidine rings is 1. The number of benzene rings is 1. The maximum atomic E-state index is 13.3. The standard InChI is InChI=1S/C15H20FNO2/c1-12(13-3-2-4-14(16)11-13)17-7-5-15(6-8-17)18-9-10-19-15/h2-4,11-12H,5-10H2,1H3/t12-/m1/s1. The second kappa shape index (κ2) is 5.19. The molecule has 2 aliphatic rings. The highest BCUT2D eigenvalue weighted by Crippen LogP contribution is 2.34. The van der Waals surface area contributed by atoms with Gasteiger partial charge in [0.2, 0.25) is 0 Å². The van der Waals surface area contributed by atoms with E-state index >= 15 is 0 Å². The Balaban J connectivity index is 1.64. The van der Waals surface area contributed by atoms with E-state index in [1.807, 2.05) is 6.07 Å². The number of halogens is 1. The molecule has 0 amide bonds. The van der Waals surface area contributed by atoms with E-state index in [0.29, 0.717) is 13.2 Å². The van der Waals surface area contributed by atoms with Crippen LogP contribution >= 0.6 is 0 Å². The van der Waals surface area contributed by atoms with Gasteiger partial charge in [0.05, 0.1) is 13.2 Å². The molecule has 0 bridgehead atoms. The molecule has 3 rings (SSSR count). The molecule has 1 aromatic carbocycles. The van der Waals surface area contributed by atoms with Crippen LogP contribution in [0.1, 0.15) is 31.4 Å². The Morgan fingerprint density at radius 3 is 2.53 bits per heavy atom. The summed E-state index contributed by atoms with van der Waals surface area (Å²) in [6.07, 6.45) is 1.79. The topological polar surface area (TPSA) is 21.7 Å². The molecule has 2 aliphatic heterocycles. The van der Waals surface area contributed by atoms with Crippen molar-refractivity contribution < 1.29 is 13.9 Å². The summed E-state index contributed by atoms with van der Waals surface area (Å²) in [7, 11) is 0. The minimum Gasteiger partial charge on any atom is -0.347 e. The normalized spacial score (nSPS) is 24.7. The molecule has 2 saturated heterocycles. The van der Waals surface area contributed by atoms with E-state index in [0.717, 1.165) is 31.5 Å². The average molecular weight is 265 g/mol. The van der Waals surface area contributed by atoms with Gasteiger partial charge in [0.25, 0.3) is 0 Å². The lowest BCUT2D eigenvalue weighted by molar-refractivity contribution is -0.187. The molecule has 1 aromatic rings. The zero-order valence-electron chi connectivity index (χ0n) is 11.3. The molecule has 19 heavy (non-hydrogen) atoms. The lowest BCUT2D eigenvalue weighted by Gasteiger charge is -2.40. The van der Waals surface area contributed by atoms with Gasteiger partial charge in [-0.15, -0.1) is 0 Å². The zero-order chi connectivity index (χ0) is 13.3. The number of rotatable bonds is 2. The van der Waals surface area contributed by atoms with Crippen molar-refractivity contribution >= 4 is 0 Å². The van der Waals surface area contributed by atoms with Crippen molar-refractivity contribution in [1.82, 2.24) is 4.90 Å². The van der Waals surface area contributed by atoms with Crippen LogP contribution in [0, 0.1) is 5.82 Å². The lowest BCUT2D eigenvalue weighted by Crippen LogP contribution is -2.45. The van der Waals surface area contributed by atoms with Gasteiger partial charge in [-0.3, -0.25) is 4.90 Å². The smallest absolute Gasteiger partial charge is 0.170 e. The van der Waals surface area contributed by atoms with Crippen LogP contribution in [-0.4, -0.2) is 37.0 Å². The van der Waals surface area contributed by atoms with Gasteiger partial charge in [-0.05, 0) is 24.6 Å². The molecular weight excluding hydrogens is 245 g/mol. The molecule has 0 unspecified atom stereocenters. The van der Waals surface area contributed by atoms with Crippen LogP contribution in [-0.2, 0) is 9.47 Å². The van der Waals surface area contributed by atoms with E-state index in [9.17, 15) is 4.39 Å². The lowest BCUT2D eigenvalue weighted by atomic mass is 9.99. The zero-order valence-corrected chi connectivity index (χ0v) is 11.3. The van der Waals surface area contributed by atoms with Crippen molar-refractivity contribution in [1.29, 1.82) is 0 Å². The van der Waals surface area contributed by atoms with Crippen molar-refractivity contribution in [2.75, 3.05) is 26.3 Å². The van der Waals surface area contributed by atoms with Gasteiger partial charge in [-0.2, -0.15) is 0 Å². The predicted octanol–water partition coefficient (Wildman–Crippen LogP) is 2.73. The van der Waals surface area contributed by atoms with Gasteiger partial charge >= 0.3 is 0 Å². The van der Waals surface area contributed by atoms with Crippen molar-refractivity contribution in [3.8, 4) is 0 Å². The highest BCUT2D eigenvalue weighted by molar-refractivity contribution is 5.19. The van der Waals surface area contributed by atoms with Crippen molar-refractivity contribution in [2.24, 2.45) is 0 Å². The van der Waals surface area contributed by atoms with Crippen molar-refractivity contribution in [3.63, 3.8) is 0 Å². The molecule has 1 atom stereocenters. The van der Waals surface area contributed by atoms with E-state index < -0.39 is 0 Å². The fourth-order valence-electron chi connectivity index (χ4n) is 3.01. The SMILES string of the molecule is C[C@H](c1cccc(F)c1)N1CCC2(CC1)OCCO2. The van der Waals surface area contributed by atoms with E-state index in [1.165, 1.54) is 6.07 Å². The molecule has 0 N–H and O–H groups in total. The molecular formula is C15H20FNO2. The third-order valence-electron chi connectivity index (χ3n) is 4.25. The Morgan fingerprint density at radius 2 is 1.89 bits per heavy atom. The Hall–Kier alpha value is -0.970. The number of nitrogens with zero attached hydrogens (tertiary/aromatic N) is 1. The second-order valence-electron chi connectivity index (χ2n) is 5.37. The van der Waals surface area contributed by atoms with Crippen LogP contribution in [0.25, 0.3) is 0 Å². The van der Waals surface area contributed by atoms with Gasteiger partial charge in [-0.25, -0.2) is 4.39 Å². The average Bonchev–Trinajstić information content (AvgIpc) is 2.87. The number of hydrogen-bond donors (Lipinski definition) is 0. The molecule has 0 radical (unpaired) electrons. The summed E-state index contributed by atoms with van der Waals surface area (Å²) in [5.41, 5.74) is 1.03. The largest absolute Gasteiger partial charge is 0.347 e. The molecule has 2 fully saturated rings. The van der Waals surface area contributed by atoms with Crippen molar-refractivity contribution in [3.05, 3.63) is 35.6 Å². The first-order valence-electron chi connectivity index (χ1n) is 6.96. The number of hydrogen-bond acceptors (Lipinski definition) is 3. The Labute approximate surface area is 113 Å². The summed E-state index contributed by atoms with van der Waals surface area (Å²) in [6.45, 7) is 5.40. The first-order chi connectivity index (χ1) is 9.19. The van der Waals surface area contributed by atoms with Gasteiger partial charge in [0, 0.05) is 32.0 Å². The minimum absolute atomic E-state index is 0.166. The Kier molecular flexibility index (Phi) is 3.56. The first-order valence-corrected chi connectivity index (χ1v) is 6.96. The Morgan fingerprint density at radius 1 is 1.21 bits per heavy atom. The van der Waals surface area contributed by atoms with Gasteiger partial charge < -0.3 is 9.47 Å². The van der Waals surface area contributed by atoms with Crippen LogP contribution in [0.5, 0.6) is 0 Å². The molecule has 0 aromatic heterocycles. The van der Waals surface area contributed by atoms with Gasteiger partial charge in [0.1, 0.15) is 5.82 Å². The third kappa shape index (κ3) is 2.66. The van der Waals surface area contributed by atoms with Gasteiger partial charge in [0.15, 0.2) is 5.79 Å². The maximum absolute atomic E-state index is 13.3. The summed E-state index contributed by atoms with van der Waals surface area (Å²) in [5.74, 6) is -0.502. The summed E-state index contributed by atoms with van der Waals surface area (Å²) < 4.78 is 24.7. The quantitative estimate of drug-likeness (QED) is 0.820. The van der Waals surface area contributed by atoms with Crippen LogP contribution in [0.4, 0.5) is 4.39 Å². The summed E-state index contributed by atoms with van der Waals surface area (Å²) in [4.78, 5) is 2.37. The predicted molar refractivity (Wildman–Crippen MR) is 70.3 cm³/mol. The van der Waals surface area contributed by atoms with Crippen LogP contribution in [0.3, 0.4) is 0 Å². The monoisotopic (exact) mass is 265 g/mol. The van der Waals surface area contributed by atoms with E-state index in [-0.39, 0.29) is 17.6 Å². The molecule has 0 saturated carbocycles. The van der Waals surface area contributed by atoms with E-state index in [1.54, 1.807) is 12.1 Å². The molecule has 104 valence electrons. The highest BCUT2D eigenvalue weighted by atomic mass is 19.1. The third-order valence-corrected chi connectivity index (χ3v) is 4.25. The van der Waals surface area contributed by atoms with Crippen molar-refractivity contribution in [2.45, 2.75) is 31.6 Å². The molecule has 2 heterocycles. The molecule has 0 aliphatic carbocycles. The molecule has 1 spiro atoms. The van der Waals surface area contributed by atoms with Gasteiger partial charge in [-0.1, -0.05) is 12.1 Å². The molecule has 4 heteroatoms. The minimum atomic E-state index is -0.335. The van der Waals surface area contributed by atoms with Crippen LogP contribution < -0.4 is 0 Å². The highest BCUT2D eigenvalue weighted by Gasteiger charge is 2.40.